The van der Waals surface area contributed by atoms with Crippen molar-refractivity contribution in [2.75, 3.05) is 75.6 Å². The quantitative estimate of drug-likeness (QED) is 0.221. The maximum atomic E-state index is 5.38. The van der Waals surface area contributed by atoms with E-state index in [9.17, 15) is 0 Å². The summed E-state index contributed by atoms with van der Waals surface area (Å²) in [6, 6.07) is 0. The molecule has 4 N–H and O–H groups in total. The Balaban J connectivity index is 0.000000288. The van der Waals surface area contributed by atoms with Gasteiger partial charge in [-0.25, -0.2) is 0 Å². The molecule has 6 saturated heterocycles. The molecular weight excluding hydrogens is 681 g/mol. The van der Waals surface area contributed by atoms with Crippen LogP contribution < -0.4 is 21.3 Å². The van der Waals surface area contributed by atoms with Gasteiger partial charge >= 0.3 is 0 Å². The third-order valence-electron chi connectivity index (χ3n) is 7.80. The van der Waals surface area contributed by atoms with Crippen molar-refractivity contribution >= 4 is 47.0 Å². The minimum Gasteiger partial charge on any atom is -0.366 e. The van der Waals surface area contributed by atoms with E-state index in [0.717, 1.165) is 73.8 Å². The van der Waals surface area contributed by atoms with E-state index in [4.69, 9.17) is 18.9 Å². The van der Waals surface area contributed by atoms with Gasteiger partial charge in [0.05, 0.1) is 42.5 Å². The zero-order valence-electron chi connectivity index (χ0n) is 32.7. The number of thioether (sulfide) groups is 4. The van der Waals surface area contributed by atoms with Gasteiger partial charge in [-0.1, -0.05) is 83.1 Å². The monoisotopic (exact) mass is 756 g/mol. The van der Waals surface area contributed by atoms with Gasteiger partial charge in [0.2, 0.25) is 0 Å². The van der Waals surface area contributed by atoms with Crippen LogP contribution in [0.25, 0.3) is 0 Å². The highest BCUT2D eigenvalue weighted by molar-refractivity contribution is 8.20. The van der Waals surface area contributed by atoms with Crippen molar-refractivity contribution in [3.05, 3.63) is 0 Å². The minimum atomic E-state index is 0.0648. The molecule has 6 rings (SSSR count). The lowest BCUT2D eigenvalue weighted by atomic mass is 10.2. The Hall–Kier alpha value is 1.08. The molecule has 48 heavy (non-hydrogen) atoms. The van der Waals surface area contributed by atoms with Crippen molar-refractivity contribution in [2.45, 2.75) is 117 Å². The Bertz CT molecular complexity index is 564. The van der Waals surface area contributed by atoms with E-state index in [1.807, 2.05) is 23.5 Å². The molecular formula is C36H76N4O4S4. The first-order valence-electron chi connectivity index (χ1n) is 18.7. The van der Waals surface area contributed by atoms with Crippen molar-refractivity contribution in [1.82, 2.24) is 21.3 Å². The first kappa shape index (κ1) is 47.1. The first-order chi connectivity index (χ1) is 22.8. The lowest BCUT2D eigenvalue weighted by molar-refractivity contribution is -0.0732. The van der Waals surface area contributed by atoms with Gasteiger partial charge in [-0.05, 0) is 29.6 Å². The van der Waals surface area contributed by atoms with E-state index >= 15 is 0 Å². The lowest BCUT2D eigenvalue weighted by Crippen LogP contribution is -2.35. The number of hydrogen-bond acceptors (Lipinski definition) is 12. The average molecular weight is 757 g/mol. The van der Waals surface area contributed by atoms with E-state index in [-0.39, 0.29) is 6.29 Å². The van der Waals surface area contributed by atoms with Crippen LogP contribution in [0, 0.1) is 35.5 Å². The van der Waals surface area contributed by atoms with Crippen molar-refractivity contribution in [3.8, 4) is 0 Å². The highest BCUT2D eigenvalue weighted by atomic mass is 32.2. The second kappa shape index (κ2) is 28.6. The van der Waals surface area contributed by atoms with Gasteiger partial charge in [0.15, 0.2) is 6.29 Å². The van der Waals surface area contributed by atoms with Gasteiger partial charge in [-0.15, -0.1) is 47.0 Å². The normalized spacial score (nSPS) is 26.2. The molecule has 0 spiro atoms. The molecule has 0 aromatic carbocycles. The summed E-state index contributed by atoms with van der Waals surface area (Å²) in [6.07, 6.45) is 0.944. The Morgan fingerprint density at radius 3 is 1.31 bits per heavy atom. The van der Waals surface area contributed by atoms with Crippen LogP contribution >= 0.6 is 47.0 Å². The molecule has 0 aromatic heterocycles. The summed E-state index contributed by atoms with van der Waals surface area (Å²) in [5.41, 5.74) is 0.481. The van der Waals surface area contributed by atoms with Crippen LogP contribution in [0.1, 0.15) is 83.1 Å². The summed E-state index contributed by atoms with van der Waals surface area (Å²) in [4.78, 5) is 0. The molecule has 6 aliphatic heterocycles. The molecule has 12 heteroatoms. The number of rotatable bonds is 6. The van der Waals surface area contributed by atoms with Gasteiger partial charge in [0.25, 0.3) is 0 Å². The van der Waals surface area contributed by atoms with Crippen LogP contribution in [0.4, 0.5) is 0 Å². The summed E-state index contributed by atoms with van der Waals surface area (Å²) < 4.78 is 22.0. The topological polar surface area (TPSA) is 85.0 Å². The maximum Gasteiger partial charge on any atom is 0.160 e. The second-order valence-corrected chi connectivity index (χ2v) is 19.9. The van der Waals surface area contributed by atoms with Crippen molar-refractivity contribution in [3.63, 3.8) is 0 Å². The first-order valence-corrected chi connectivity index (χ1v) is 22.9. The second-order valence-electron chi connectivity index (χ2n) is 14.7. The molecule has 0 aliphatic carbocycles. The zero-order valence-corrected chi connectivity index (χ0v) is 35.9. The summed E-state index contributed by atoms with van der Waals surface area (Å²) >= 11 is 8.19. The summed E-state index contributed by atoms with van der Waals surface area (Å²) in [5, 5.41) is 14.1. The summed E-state index contributed by atoms with van der Waals surface area (Å²) in [5.74, 6) is 9.39. The van der Waals surface area contributed by atoms with Crippen LogP contribution in [-0.4, -0.2) is 110 Å². The van der Waals surface area contributed by atoms with Crippen LogP contribution in [0.15, 0.2) is 0 Å². The Kier molecular flexibility index (Phi) is 28.0. The fourth-order valence-corrected chi connectivity index (χ4v) is 10.1. The smallest absolute Gasteiger partial charge is 0.160 e. The molecule has 0 amide bonds. The zero-order chi connectivity index (χ0) is 35.9. The molecule has 0 radical (unpaired) electrons. The molecule has 3 atom stereocenters. The molecule has 8 nitrogen and oxygen atoms in total. The molecule has 6 fully saturated rings. The van der Waals surface area contributed by atoms with Crippen molar-refractivity contribution in [2.24, 2.45) is 35.5 Å². The minimum absolute atomic E-state index is 0.0648. The summed E-state index contributed by atoms with van der Waals surface area (Å²) in [7, 11) is 0. The Morgan fingerprint density at radius 1 is 0.438 bits per heavy atom. The summed E-state index contributed by atoms with van der Waals surface area (Å²) in [6.45, 7) is 34.3. The van der Waals surface area contributed by atoms with Gasteiger partial charge in [-0.3, -0.25) is 5.32 Å². The molecule has 6 heterocycles. The Labute approximate surface area is 314 Å². The number of hydrogen-bond donors (Lipinski definition) is 4. The standard InChI is InChI=1S/C6H14N2.C6H13NO.C6H13NS.C6H12O2.C6H12OS.C6H12S2/c6*1-5(2)6-7-3-4-8-6/h5-8H,3-4H2,1-2H3;2*5-7H,3-4H2,1-2H3;3*5-6H,3-4H2,1-2H3. The predicted octanol–water partition coefficient (Wildman–Crippen LogP) is 7.25. The molecule has 288 valence electrons. The fourth-order valence-electron chi connectivity index (χ4n) is 5.03. The van der Waals surface area contributed by atoms with Gasteiger partial charge in [0.1, 0.15) is 11.7 Å². The van der Waals surface area contributed by atoms with Crippen LogP contribution in [0.3, 0.4) is 0 Å². The number of nitrogens with one attached hydrogen (secondary N) is 4. The highest BCUT2D eigenvalue weighted by Gasteiger charge is 2.21. The van der Waals surface area contributed by atoms with Crippen LogP contribution in [-0.2, 0) is 18.9 Å². The lowest BCUT2D eigenvalue weighted by Gasteiger charge is -2.13. The van der Waals surface area contributed by atoms with Crippen LogP contribution in [0.2, 0.25) is 0 Å². The third-order valence-corrected chi connectivity index (χ3v) is 14.4. The number of ether oxygens (including phenoxy) is 4. The largest absolute Gasteiger partial charge is 0.366 e. The molecule has 6 aliphatic rings. The predicted molar refractivity (Wildman–Crippen MR) is 217 cm³/mol. The molecule has 0 bridgehead atoms. The molecule has 0 saturated carbocycles. The third kappa shape index (κ3) is 22.2. The van der Waals surface area contributed by atoms with Gasteiger partial charge < -0.3 is 34.9 Å². The van der Waals surface area contributed by atoms with Crippen LogP contribution in [0.5, 0.6) is 0 Å². The fraction of sp³-hybridized carbons (Fsp3) is 1.00. The van der Waals surface area contributed by atoms with E-state index in [0.29, 0.717) is 35.6 Å². The molecule has 3 unspecified atom stereocenters. The van der Waals surface area contributed by atoms with E-state index in [1.54, 1.807) is 0 Å². The maximum absolute atomic E-state index is 5.38. The van der Waals surface area contributed by atoms with E-state index in [1.165, 1.54) is 29.6 Å². The van der Waals surface area contributed by atoms with Gasteiger partial charge in [0, 0.05) is 55.1 Å². The Morgan fingerprint density at radius 2 is 1.06 bits per heavy atom. The van der Waals surface area contributed by atoms with Crippen molar-refractivity contribution in [1.29, 1.82) is 0 Å². The van der Waals surface area contributed by atoms with Crippen molar-refractivity contribution < 1.29 is 18.9 Å². The highest BCUT2D eigenvalue weighted by Crippen LogP contribution is 2.36. The van der Waals surface area contributed by atoms with E-state index < -0.39 is 0 Å². The van der Waals surface area contributed by atoms with Gasteiger partial charge in [-0.2, -0.15) is 0 Å². The SMILES string of the molecule is CC(C)C1NCCN1.CC(C)C1NCCO1.CC(C)C1NCCS1.CC(C)C1OCCO1.CC(C)C1OCCS1.CC(C)C1SCCS1. The van der Waals surface area contributed by atoms with E-state index in [2.05, 4.69) is 128 Å². The molecule has 0 aromatic rings. The average Bonchev–Trinajstić information content (AvgIpc) is 3.91.